The van der Waals surface area contributed by atoms with Crippen LogP contribution in [0.15, 0.2) is 29.4 Å². The number of aryl methyl sites for hydroxylation is 1. The number of hydrogen-bond acceptors (Lipinski definition) is 4. The van der Waals surface area contributed by atoms with Crippen LogP contribution in [-0.2, 0) is 11.2 Å². The predicted molar refractivity (Wildman–Crippen MR) is 140 cm³/mol. The molecule has 3 atom stereocenters. The minimum atomic E-state index is -2.54. The second-order valence-corrected chi connectivity index (χ2v) is 10.5. The second kappa shape index (κ2) is 11.3. The summed E-state index contributed by atoms with van der Waals surface area (Å²) in [6.07, 6.45) is 6.21. The van der Waals surface area contributed by atoms with Crippen molar-refractivity contribution in [1.29, 1.82) is 0 Å². The molecule has 0 aromatic heterocycles. The van der Waals surface area contributed by atoms with Gasteiger partial charge in [-0.2, -0.15) is 0 Å². The number of halogens is 2. The zero-order valence-electron chi connectivity index (χ0n) is 21.5. The van der Waals surface area contributed by atoms with Crippen molar-refractivity contribution in [3.8, 4) is 0 Å². The molecule has 1 saturated heterocycles. The number of hydrogen-bond donors (Lipinski definition) is 2. The summed E-state index contributed by atoms with van der Waals surface area (Å²) in [5.74, 6) is 0.834. The first-order valence-electron chi connectivity index (χ1n) is 13.4. The molecule has 1 fully saturated rings. The Morgan fingerprint density at radius 1 is 1.29 bits per heavy atom. The van der Waals surface area contributed by atoms with Gasteiger partial charge in [0.2, 0.25) is 0 Å². The first-order chi connectivity index (χ1) is 16.8. The van der Waals surface area contributed by atoms with Crippen molar-refractivity contribution in [3.05, 3.63) is 46.0 Å². The Bertz CT molecular complexity index is 994. The summed E-state index contributed by atoms with van der Waals surface area (Å²) in [4.78, 5) is 14.4. The molecule has 1 aliphatic carbocycles. The minimum Gasteiger partial charge on any atom is -0.352 e. The lowest BCUT2D eigenvalue weighted by Crippen LogP contribution is -2.47. The number of alkyl halides is 2. The van der Waals surface area contributed by atoms with Crippen molar-refractivity contribution in [3.63, 3.8) is 0 Å². The van der Waals surface area contributed by atoms with E-state index in [1.165, 1.54) is 17.6 Å². The first kappa shape index (κ1) is 26.0. The number of rotatable bonds is 8. The molecule has 0 amide bonds. The smallest absolute Gasteiger partial charge is 0.264 e. The second-order valence-electron chi connectivity index (χ2n) is 10.5. The number of allylic oxidation sites excluding steroid dienone is 3. The van der Waals surface area contributed by atoms with E-state index in [1.807, 2.05) is 26.0 Å². The molecule has 1 aromatic carbocycles. The lowest BCUT2D eigenvalue weighted by molar-refractivity contribution is -0.121. The van der Waals surface area contributed by atoms with Crippen LogP contribution in [0.25, 0.3) is 5.57 Å². The minimum absolute atomic E-state index is 0.00608. The Balaban J connectivity index is 1.72. The highest BCUT2D eigenvalue weighted by Gasteiger charge is 2.33. The molecule has 3 N–H and O–H groups in total. The van der Waals surface area contributed by atoms with Crippen LogP contribution in [0.5, 0.6) is 0 Å². The number of nitrogens with zero attached hydrogens (tertiary/aromatic N) is 1. The van der Waals surface area contributed by atoms with Gasteiger partial charge in [0.1, 0.15) is 5.78 Å². The van der Waals surface area contributed by atoms with Gasteiger partial charge in [0.15, 0.2) is 0 Å². The summed E-state index contributed by atoms with van der Waals surface area (Å²) in [6, 6.07) is 3.67. The van der Waals surface area contributed by atoms with Gasteiger partial charge < -0.3 is 16.0 Å². The van der Waals surface area contributed by atoms with Crippen molar-refractivity contribution in [1.82, 2.24) is 5.32 Å². The van der Waals surface area contributed by atoms with E-state index in [9.17, 15) is 13.6 Å². The van der Waals surface area contributed by atoms with Crippen LogP contribution >= 0.6 is 0 Å². The maximum Gasteiger partial charge on any atom is 0.264 e. The van der Waals surface area contributed by atoms with Gasteiger partial charge in [0.05, 0.1) is 6.17 Å². The van der Waals surface area contributed by atoms with E-state index in [2.05, 4.69) is 10.2 Å². The summed E-state index contributed by atoms with van der Waals surface area (Å²) in [5, 5.41) is 3.46. The lowest BCUT2D eigenvalue weighted by Gasteiger charge is -2.41. The fourth-order valence-electron chi connectivity index (χ4n) is 6.33. The molecule has 1 aromatic rings. The van der Waals surface area contributed by atoms with Crippen molar-refractivity contribution < 1.29 is 13.6 Å². The van der Waals surface area contributed by atoms with E-state index in [-0.39, 0.29) is 23.4 Å². The Kier molecular flexibility index (Phi) is 8.43. The summed E-state index contributed by atoms with van der Waals surface area (Å²) in [7, 11) is 0. The van der Waals surface area contributed by atoms with Crippen molar-refractivity contribution >= 4 is 17.0 Å². The van der Waals surface area contributed by atoms with E-state index >= 15 is 0 Å². The average molecular weight is 486 g/mol. The standard InChI is InChI=1S/C29H41F2N3O/c1-4-20(5-2)24-15-23-7-6-12-34(27(23)16-26(24)28(30)31)29(32)25-14-21(18(3)35)8-9-22(25)13-19-10-11-33-17-19/h4,15-16,19,21,28-29,33H,5-14,17,32H2,1-3H3/b20-4+. The SMILES string of the molecule is C/C=C(\CC)c1cc2c(cc1C(F)F)N(C(N)C1=C(CC3CCNC3)CCC(C(C)=O)C1)CCC2. The highest BCUT2D eigenvalue weighted by molar-refractivity contribution is 5.79. The van der Waals surface area contributed by atoms with Crippen LogP contribution in [0.1, 0.15) is 88.8 Å². The van der Waals surface area contributed by atoms with Gasteiger partial charge in [-0.1, -0.05) is 18.6 Å². The van der Waals surface area contributed by atoms with Gasteiger partial charge >= 0.3 is 0 Å². The van der Waals surface area contributed by atoms with E-state index < -0.39 is 6.43 Å². The molecule has 4 nitrogen and oxygen atoms in total. The van der Waals surface area contributed by atoms with Crippen LogP contribution in [0.2, 0.25) is 0 Å². The van der Waals surface area contributed by atoms with Crippen LogP contribution in [0.3, 0.4) is 0 Å². The number of fused-ring (bicyclic) bond motifs is 1. The summed E-state index contributed by atoms with van der Waals surface area (Å²) in [6.45, 7) is 8.43. The number of Topliss-reactive ketones (excluding diaryl/α,β-unsaturated/α-hetero) is 1. The van der Waals surface area contributed by atoms with Gasteiger partial charge in [0.25, 0.3) is 6.43 Å². The maximum atomic E-state index is 14.2. The molecule has 0 radical (unpaired) electrons. The van der Waals surface area contributed by atoms with Gasteiger partial charge in [-0.05, 0) is 119 Å². The molecule has 0 spiro atoms. The first-order valence-corrected chi connectivity index (χ1v) is 13.4. The van der Waals surface area contributed by atoms with E-state index in [4.69, 9.17) is 5.73 Å². The van der Waals surface area contributed by atoms with Crippen LogP contribution < -0.4 is 16.0 Å². The fraction of sp³-hybridized carbons (Fsp3) is 0.621. The molecular weight excluding hydrogens is 444 g/mol. The Hall–Kier alpha value is -2.05. The number of ketones is 1. The van der Waals surface area contributed by atoms with Crippen molar-refractivity contribution in [2.75, 3.05) is 24.5 Å². The van der Waals surface area contributed by atoms with Gasteiger partial charge in [-0.15, -0.1) is 0 Å². The van der Waals surface area contributed by atoms with Gasteiger partial charge in [-0.25, -0.2) is 8.78 Å². The highest BCUT2D eigenvalue weighted by atomic mass is 19.3. The molecule has 0 saturated carbocycles. The number of carbonyl (C=O) groups is 1. The number of benzene rings is 1. The lowest BCUT2D eigenvalue weighted by atomic mass is 9.77. The van der Waals surface area contributed by atoms with E-state index in [0.717, 1.165) is 75.0 Å². The maximum absolute atomic E-state index is 14.2. The van der Waals surface area contributed by atoms with Crippen LogP contribution in [-0.4, -0.2) is 31.6 Å². The summed E-state index contributed by atoms with van der Waals surface area (Å²) >= 11 is 0. The molecule has 35 heavy (non-hydrogen) atoms. The fourth-order valence-corrected chi connectivity index (χ4v) is 6.33. The number of nitrogens with one attached hydrogen (secondary N) is 1. The topological polar surface area (TPSA) is 58.4 Å². The van der Waals surface area contributed by atoms with Crippen molar-refractivity contribution in [2.24, 2.45) is 17.6 Å². The number of carbonyl (C=O) groups excluding carboxylic acids is 1. The Morgan fingerprint density at radius 3 is 2.71 bits per heavy atom. The molecule has 192 valence electrons. The average Bonchev–Trinajstić information content (AvgIpc) is 3.36. The molecule has 4 rings (SSSR count). The van der Waals surface area contributed by atoms with E-state index in [1.54, 1.807) is 13.0 Å². The normalized spacial score (nSPS) is 24.2. The molecule has 0 bridgehead atoms. The number of nitrogens with two attached hydrogens (primary N) is 1. The summed E-state index contributed by atoms with van der Waals surface area (Å²) < 4.78 is 28.4. The molecule has 3 unspecified atom stereocenters. The largest absolute Gasteiger partial charge is 0.352 e. The third kappa shape index (κ3) is 5.54. The molecule has 3 aliphatic rings. The van der Waals surface area contributed by atoms with Gasteiger partial charge in [-0.3, -0.25) is 4.79 Å². The van der Waals surface area contributed by atoms with Gasteiger partial charge in [0, 0.05) is 23.7 Å². The molecule has 6 heteroatoms. The van der Waals surface area contributed by atoms with Crippen LogP contribution in [0.4, 0.5) is 14.5 Å². The van der Waals surface area contributed by atoms with Crippen LogP contribution in [0, 0.1) is 11.8 Å². The quantitative estimate of drug-likeness (QED) is 0.433. The zero-order valence-corrected chi connectivity index (χ0v) is 21.5. The van der Waals surface area contributed by atoms with Crippen molar-refractivity contribution in [2.45, 2.75) is 84.7 Å². The summed E-state index contributed by atoms with van der Waals surface area (Å²) in [5.41, 5.74) is 13.2. The van der Waals surface area contributed by atoms with E-state index in [0.29, 0.717) is 17.9 Å². The Morgan fingerprint density at radius 2 is 2.09 bits per heavy atom. The monoisotopic (exact) mass is 485 g/mol. The Labute approximate surface area is 209 Å². The molecular formula is C29H41F2N3O. The highest BCUT2D eigenvalue weighted by Crippen LogP contribution is 2.41. The third-order valence-electron chi connectivity index (χ3n) is 8.40. The zero-order chi connectivity index (χ0) is 25.1. The molecule has 2 aliphatic heterocycles. The predicted octanol–water partition coefficient (Wildman–Crippen LogP) is 6.16. The third-order valence-corrected chi connectivity index (χ3v) is 8.40. The molecule has 2 heterocycles. The number of anilines is 1.